The third-order valence-electron chi connectivity index (χ3n) is 5.92. The van der Waals surface area contributed by atoms with Crippen LogP contribution in [-0.4, -0.2) is 57.7 Å². The van der Waals surface area contributed by atoms with E-state index in [0.717, 1.165) is 16.7 Å². The standard InChI is InChI=1S/C24H20ClN3O4/c25-16-10-17-23(28-24(26-17)32-19-12-31-21-18(29)11-30-22(19)21)27-20(16)15-8-6-14(7-9-15)13-4-2-1-3-5-13/h1-10,18-19,21-22,29H,11-12H2,(H,26,27,28)/t18-,19-,21?,22?/m0/s1. The fraction of sp³-hybridized carbons (Fsp3) is 0.250. The molecule has 2 aromatic carbocycles. The van der Waals surface area contributed by atoms with Gasteiger partial charge < -0.3 is 24.3 Å². The molecule has 2 unspecified atom stereocenters. The minimum absolute atomic E-state index is 0.249. The van der Waals surface area contributed by atoms with E-state index in [1.807, 2.05) is 30.3 Å². The zero-order valence-corrected chi connectivity index (χ0v) is 17.7. The number of imidazole rings is 1. The molecule has 2 N–H and O–H groups in total. The Labute approximate surface area is 188 Å². The summed E-state index contributed by atoms with van der Waals surface area (Å²) in [4.78, 5) is 12.3. The van der Waals surface area contributed by atoms with E-state index in [0.29, 0.717) is 34.5 Å². The molecule has 0 radical (unpaired) electrons. The van der Waals surface area contributed by atoms with Crippen molar-refractivity contribution in [3.63, 3.8) is 0 Å². The molecule has 162 valence electrons. The number of aromatic nitrogens is 3. The monoisotopic (exact) mass is 449 g/mol. The second-order valence-corrected chi connectivity index (χ2v) is 8.40. The van der Waals surface area contributed by atoms with Crippen molar-refractivity contribution in [2.45, 2.75) is 24.4 Å². The Morgan fingerprint density at radius 1 is 0.906 bits per heavy atom. The predicted octanol–water partition coefficient (Wildman–Crippen LogP) is 3.85. The number of benzene rings is 2. The van der Waals surface area contributed by atoms with Gasteiger partial charge in [-0.2, -0.15) is 4.98 Å². The minimum atomic E-state index is -0.624. The second kappa shape index (κ2) is 7.86. The van der Waals surface area contributed by atoms with E-state index in [1.54, 1.807) is 6.07 Å². The van der Waals surface area contributed by atoms with Crippen molar-refractivity contribution in [2.75, 3.05) is 13.2 Å². The zero-order valence-electron chi connectivity index (χ0n) is 16.9. The van der Waals surface area contributed by atoms with Crippen LogP contribution in [0.2, 0.25) is 5.02 Å². The maximum Gasteiger partial charge on any atom is 0.296 e. The first-order valence-corrected chi connectivity index (χ1v) is 10.8. The van der Waals surface area contributed by atoms with Gasteiger partial charge in [-0.15, -0.1) is 0 Å². The molecule has 0 saturated carbocycles. The smallest absolute Gasteiger partial charge is 0.296 e. The molecule has 2 saturated heterocycles. The Morgan fingerprint density at radius 2 is 1.62 bits per heavy atom. The van der Waals surface area contributed by atoms with Crippen LogP contribution in [0, 0.1) is 0 Å². The van der Waals surface area contributed by atoms with E-state index in [1.165, 1.54) is 0 Å². The van der Waals surface area contributed by atoms with Crippen LogP contribution >= 0.6 is 11.6 Å². The highest BCUT2D eigenvalue weighted by Crippen LogP contribution is 2.33. The van der Waals surface area contributed by atoms with Gasteiger partial charge in [0.25, 0.3) is 6.01 Å². The number of hydrogen-bond donors (Lipinski definition) is 2. The molecule has 4 atom stereocenters. The molecular formula is C24H20ClN3O4. The van der Waals surface area contributed by atoms with Gasteiger partial charge in [0.05, 0.1) is 29.4 Å². The van der Waals surface area contributed by atoms with Crippen LogP contribution in [0.25, 0.3) is 33.5 Å². The summed E-state index contributed by atoms with van der Waals surface area (Å²) < 4.78 is 17.2. The van der Waals surface area contributed by atoms with Gasteiger partial charge in [0, 0.05) is 5.56 Å². The average Bonchev–Trinajstić information content (AvgIpc) is 3.51. The first-order chi connectivity index (χ1) is 15.7. The van der Waals surface area contributed by atoms with Crippen molar-refractivity contribution in [3.8, 4) is 28.4 Å². The summed E-state index contributed by atoms with van der Waals surface area (Å²) >= 11 is 6.54. The molecule has 2 aromatic heterocycles. The number of aromatic amines is 1. The topological polar surface area (TPSA) is 89.5 Å². The Hall–Kier alpha value is -2.97. The van der Waals surface area contributed by atoms with Crippen molar-refractivity contribution in [1.82, 2.24) is 15.0 Å². The summed E-state index contributed by atoms with van der Waals surface area (Å²) in [7, 11) is 0. The highest BCUT2D eigenvalue weighted by Gasteiger charge is 2.48. The average molecular weight is 450 g/mol. The number of rotatable bonds is 4. The predicted molar refractivity (Wildman–Crippen MR) is 120 cm³/mol. The van der Waals surface area contributed by atoms with Crippen LogP contribution in [0.4, 0.5) is 0 Å². The van der Waals surface area contributed by atoms with Gasteiger partial charge in [0.15, 0.2) is 11.8 Å². The number of aliphatic hydroxyl groups is 1. The number of H-pyrrole nitrogens is 1. The van der Waals surface area contributed by atoms with E-state index >= 15 is 0 Å². The summed E-state index contributed by atoms with van der Waals surface area (Å²) in [6.07, 6.45) is -1.64. The normalized spacial score (nSPS) is 24.7. The Bertz CT molecular complexity index is 1260. The van der Waals surface area contributed by atoms with E-state index in [9.17, 15) is 5.11 Å². The lowest BCUT2D eigenvalue weighted by Crippen LogP contribution is -2.34. The molecule has 2 aliphatic heterocycles. The second-order valence-electron chi connectivity index (χ2n) is 7.99. The molecule has 8 heteroatoms. The third kappa shape index (κ3) is 3.43. The Kier molecular flexibility index (Phi) is 4.84. The maximum atomic E-state index is 9.90. The molecule has 0 amide bonds. The summed E-state index contributed by atoms with van der Waals surface area (Å²) in [5.74, 6) is 0. The molecule has 6 rings (SSSR count). The van der Waals surface area contributed by atoms with Crippen LogP contribution in [0.15, 0.2) is 60.7 Å². The molecule has 32 heavy (non-hydrogen) atoms. The zero-order chi connectivity index (χ0) is 21.7. The quantitative estimate of drug-likeness (QED) is 0.492. The molecule has 0 spiro atoms. The number of nitrogens with one attached hydrogen (secondary N) is 1. The summed E-state index contributed by atoms with van der Waals surface area (Å²) in [6, 6.07) is 20.4. The molecule has 2 fully saturated rings. The van der Waals surface area contributed by atoms with Crippen LogP contribution in [0.5, 0.6) is 6.01 Å². The molecule has 4 aromatic rings. The lowest BCUT2D eigenvalue weighted by molar-refractivity contribution is 0.00706. The van der Waals surface area contributed by atoms with Crippen LogP contribution in [0.3, 0.4) is 0 Å². The van der Waals surface area contributed by atoms with Gasteiger partial charge in [0.2, 0.25) is 0 Å². The van der Waals surface area contributed by atoms with Crippen molar-refractivity contribution in [3.05, 3.63) is 65.7 Å². The highest BCUT2D eigenvalue weighted by atomic mass is 35.5. The fourth-order valence-corrected chi connectivity index (χ4v) is 4.55. The Morgan fingerprint density at radius 3 is 2.44 bits per heavy atom. The lowest BCUT2D eigenvalue weighted by Gasteiger charge is -2.15. The minimum Gasteiger partial charge on any atom is -0.456 e. The van der Waals surface area contributed by atoms with Crippen LogP contribution < -0.4 is 4.74 Å². The van der Waals surface area contributed by atoms with Gasteiger partial charge >= 0.3 is 0 Å². The van der Waals surface area contributed by atoms with E-state index in [4.69, 9.17) is 25.8 Å². The number of hydrogen-bond acceptors (Lipinski definition) is 6. The highest BCUT2D eigenvalue weighted by molar-refractivity contribution is 6.33. The molecule has 2 aliphatic rings. The fourth-order valence-electron chi connectivity index (χ4n) is 4.29. The summed E-state index contributed by atoms with van der Waals surface area (Å²) in [5, 5.41) is 10.4. The summed E-state index contributed by atoms with van der Waals surface area (Å²) in [6.45, 7) is 0.579. The molecular weight excluding hydrogens is 430 g/mol. The van der Waals surface area contributed by atoms with Crippen molar-refractivity contribution >= 4 is 22.8 Å². The first-order valence-electron chi connectivity index (χ1n) is 10.5. The van der Waals surface area contributed by atoms with Gasteiger partial charge in [-0.3, -0.25) is 0 Å². The van der Waals surface area contributed by atoms with E-state index in [-0.39, 0.29) is 24.9 Å². The van der Waals surface area contributed by atoms with Gasteiger partial charge in [-0.25, -0.2) is 4.98 Å². The molecule has 0 aliphatic carbocycles. The number of fused-ring (bicyclic) bond motifs is 2. The first kappa shape index (κ1) is 19.7. The lowest BCUT2D eigenvalue weighted by atomic mass is 10.0. The van der Waals surface area contributed by atoms with Gasteiger partial charge in [-0.1, -0.05) is 66.2 Å². The SMILES string of the molecule is O[C@H]1COC2C1OC[C@@H]2Oc1nc2nc(-c3ccc(-c4ccccc4)cc3)c(Cl)cc2[nH]1. The van der Waals surface area contributed by atoms with Crippen molar-refractivity contribution in [2.24, 2.45) is 0 Å². The van der Waals surface area contributed by atoms with Gasteiger partial charge in [-0.05, 0) is 17.2 Å². The van der Waals surface area contributed by atoms with Crippen molar-refractivity contribution < 1.29 is 19.3 Å². The third-order valence-corrected chi connectivity index (χ3v) is 6.20. The molecule has 0 bridgehead atoms. The number of pyridine rings is 1. The van der Waals surface area contributed by atoms with Gasteiger partial charge in [0.1, 0.15) is 18.3 Å². The van der Waals surface area contributed by atoms with Crippen LogP contribution in [0.1, 0.15) is 0 Å². The number of halogens is 1. The van der Waals surface area contributed by atoms with E-state index in [2.05, 4.69) is 39.2 Å². The number of nitrogens with zero attached hydrogens (tertiary/aromatic N) is 2. The number of aliphatic hydroxyl groups excluding tert-OH is 1. The Balaban J connectivity index is 1.26. The summed E-state index contributed by atoms with van der Waals surface area (Å²) in [5.41, 5.74) is 5.02. The van der Waals surface area contributed by atoms with Crippen LogP contribution in [-0.2, 0) is 9.47 Å². The number of ether oxygens (including phenoxy) is 3. The van der Waals surface area contributed by atoms with Crippen molar-refractivity contribution in [1.29, 1.82) is 0 Å². The molecule has 4 heterocycles. The molecule has 7 nitrogen and oxygen atoms in total. The maximum absolute atomic E-state index is 9.90. The largest absolute Gasteiger partial charge is 0.456 e. The van der Waals surface area contributed by atoms with E-state index < -0.39 is 6.10 Å².